The summed E-state index contributed by atoms with van der Waals surface area (Å²) in [5, 5.41) is 1.06. The second-order valence-corrected chi connectivity index (χ2v) is 9.12. The van der Waals surface area contributed by atoms with E-state index in [1.165, 1.54) is 0 Å². The number of aryl methyl sites for hydroxylation is 2. The number of benzene rings is 2. The second-order valence-electron chi connectivity index (χ2n) is 8.36. The fourth-order valence-corrected chi connectivity index (χ4v) is 5.10. The first-order valence-corrected chi connectivity index (χ1v) is 11.9. The molecule has 4 aromatic rings. The van der Waals surface area contributed by atoms with Crippen molar-refractivity contribution in [3.8, 4) is 39.5 Å². The van der Waals surface area contributed by atoms with E-state index >= 15 is 0 Å². The van der Waals surface area contributed by atoms with Gasteiger partial charge in [-0.15, -0.1) is 0 Å². The summed E-state index contributed by atoms with van der Waals surface area (Å²) in [6.45, 7) is 1.95. The molecule has 0 aliphatic heterocycles. The van der Waals surface area contributed by atoms with Crippen molar-refractivity contribution < 1.29 is 9.53 Å². The van der Waals surface area contributed by atoms with E-state index in [0.29, 0.717) is 28.0 Å². The number of hydrogen-bond donors (Lipinski definition) is 0. The summed E-state index contributed by atoms with van der Waals surface area (Å²) in [6, 6.07) is 17.4. The van der Waals surface area contributed by atoms with Crippen molar-refractivity contribution in [2.24, 2.45) is 0 Å². The highest BCUT2D eigenvalue weighted by Crippen LogP contribution is 2.42. The van der Waals surface area contributed by atoms with Gasteiger partial charge in [0.25, 0.3) is 0 Å². The highest BCUT2D eigenvalue weighted by molar-refractivity contribution is 6.39. The minimum Gasteiger partial charge on any atom is -0.481 e. The van der Waals surface area contributed by atoms with Gasteiger partial charge in [-0.3, -0.25) is 9.78 Å². The third-order valence-electron chi connectivity index (χ3n) is 6.23. The molecule has 0 amide bonds. The van der Waals surface area contributed by atoms with E-state index in [9.17, 15) is 4.79 Å². The smallest absolute Gasteiger partial charge is 0.216 e. The first-order valence-electron chi connectivity index (χ1n) is 11.1. The summed E-state index contributed by atoms with van der Waals surface area (Å²) in [5.74, 6) is 0.764. The standard InChI is InChI=1S/C28H22Cl2N2O2/c1-16-9-12-23(32-28(16)34-2)22-7-4-6-20(25(22)29)21-13-14-31-27(26(21)30)18-10-11-19-17(15-18)5-3-8-24(19)33/h4,6-7,9-15H,3,5,8H2,1-2H3. The Morgan fingerprint density at radius 3 is 2.50 bits per heavy atom. The zero-order chi connectivity index (χ0) is 23.8. The number of ketones is 1. The van der Waals surface area contributed by atoms with E-state index in [2.05, 4.69) is 9.97 Å². The van der Waals surface area contributed by atoms with Gasteiger partial charge in [0.2, 0.25) is 5.88 Å². The zero-order valence-corrected chi connectivity index (χ0v) is 20.4. The number of nitrogens with zero attached hydrogens (tertiary/aromatic N) is 2. The van der Waals surface area contributed by atoms with Crippen molar-refractivity contribution in [1.82, 2.24) is 9.97 Å². The SMILES string of the molecule is COc1nc(-c2cccc(-c3ccnc(-c4ccc5c(c4)CCCC5=O)c3Cl)c2Cl)ccc1C. The lowest BCUT2D eigenvalue weighted by molar-refractivity contribution is 0.0972. The Morgan fingerprint density at radius 2 is 1.68 bits per heavy atom. The number of hydrogen-bond acceptors (Lipinski definition) is 4. The Labute approximate surface area is 208 Å². The van der Waals surface area contributed by atoms with E-state index in [-0.39, 0.29) is 5.78 Å². The Bertz CT molecular complexity index is 1430. The van der Waals surface area contributed by atoms with Crippen LogP contribution in [0.4, 0.5) is 0 Å². The largest absolute Gasteiger partial charge is 0.481 e. The first-order chi connectivity index (χ1) is 16.5. The van der Waals surface area contributed by atoms with Crippen molar-refractivity contribution in [3.63, 3.8) is 0 Å². The first kappa shape index (κ1) is 22.6. The van der Waals surface area contributed by atoms with Gasteiger partial charge in [-0.05, 0) is 43.5 Å². The minimum absolute atomic E-state index is 0.200. The maximum absolute atomic E-state index is 12.2. The molecule has 0 saturated heterocycles. The highest BCUT2D eigenvalue weighted by atomic mass is 35.5. The Kier molecular flexibility index (Phi) is 6.11. The number of fused-ring (bicyclic) bond motifs is 1. The predicted molar refractivity (Wildman–Crippen MR) is 137 cm³/mol. The maximum Gasteiger partial charge on any atom is 0.216 e. The van der Waals surface area contributed by atoms with Crippen LogP contribution in [0.25, 0.3) is 33.6 Å². The topological polar surface area (TPSA) is 52.1 Å². The van der Waals surface area contributed by atoms with Gasteiger partial charge in [-0.1, -0.05) is 59.6 Å². The van der Waals surface area contributed by atoms with Crippen molar-refractivity contribution in [2.75, 3.05) is 7.11 Å². The number of halogens is 2. The molecule has 0 radical (unpaired) electrons. The van der Waals surface area contributed by atoms with E-state index in [1.54, 1.807) is 13.3 Å². The Hall–Kier alpha value is -3.21. The van der Waals surface area contributed by atoms with Crippen LogP contribution in [0.5, 0.6) is 5.88 Å². The molecule has 2 heterocycles. The number of rotatable bonds is 4. The van der Waals surface area contributed by atoms with Crippen LogP contribution >= 0.6 is 23.2 Å². The normalized spacial score (nSPS) is 13.0. The lowest BCUT2D eigenvalue weighted by atomic mass is 9.88. The highest BCUT2D eigenvalue weighted by Gasteiger charge is 2.20. The van der Waals surface area contributed by atoms with Gasteiger partial charge in [-0.25, -0.2) is 4.98 Å². The fraction of sp³-hybridized carbons (Fsp3) is 0.179. The summed E-state index contributed by atoms with van der Waals surface area (Å²) in [4.78, 5) is 21.4. The van der Waals surface area contributed by atoms with Gasteiger partial charge in [0, 0.05) is 46.0 Å². The van der Waals surface area contributed by atoms with Crippen LogP contribution in [0.2, 0.25) is 10.0 Å². The molecular formula is C28H22Cl2N2O2. The Morgan fingerprint density at radius 1 is 0.882 bits per heavy atom. The minimum atomic E-state index is 0.200. The lowest BCUT2D eigenvalue weighted by Gasteiger charge is -2.17. The molecule has 6 heteroatoms. The number of methoxy groups -OCH3 is 1. The number of Topliss-reactive ketones (excluding diaryl/α,β-unsaturated/α-hetero) is 1. The molecule has 0 bridgehead atoms. The van der Waals surface area contributed by atoms with Crippen LogP contribution in [0.1, 0.15) is 34.3 Å². The molecule has 1 aliphatic rings. The molecule has 0 fully saturated rings. The van der Waals surface area contributed by atoms with Crippen molar-refractivity contribution in [1.29, 1.82) is 0 Å². The monoisotopic (exact) mass is 488 g/mol. The van der Waals surface area contributed by atoms with Crippen LogP contribution in [0.3, 0.4) is 0 Å². The van der Waals surface area contributed by atoms with Gasteiger partial charge < -0.3 is 4.74 Å². The zero-order valence-electron chi connectivity index (χ0n) is 18.9. The molecule has 2 aromatic carbocycles. The number of carbonyl (C=O) groups excluding carboxylic acids is 1. The summed E-state index contributed by atoms with van der Waals surface area (Å²) < 4.78 is 5.39. The average Bonchev–Trinajstić information content (AvgIpc) is 2.85. The number of aromatic nitrogens is 2. The summed E-state index contributed by atoms with van der Waals surface area (Å²) in [6.07, 6.45) is 4.10. The molecule has 1 aliphatic carbocycles. The number of carbonyl (C=O) groups is 1. The Balaban J connectivity index is 1.60. The van der Waals surface area contributed by atoms with Crippen LogP contribution in [-0.4, -0.2) is 22.9 Å². The maximum atomic E-state index is 12.2. The molecule has 0 N–H and O–H groups in total. The third kappa shape index (κ3) is 3.97. The summed E-state index contributed by atoms with van der Waals surface area (Å²) in [7, 11) is 1.60. The molecule has 0 spiro atoms. The molecule has 2 aromatic heterocycles. The molecule has 4 nitrogen and oxygen atoms in total. The van der Waals surface area contributed by atoms with E-state index in [4.69, 9.17) is 27.9 Å². The van der Waals surface area contributed by atoms with E-state index < -0.39 is 0 Å². The van der Waals surface area contributed by atoms with Crippen molar-refractivity contribution >= 4 is 29.0 Å². The van der Waals surface area contributed by atoms with Crippen LogP contribution in [0.15, 0.2) is 60.8 Å². The lowest BCUT2D eigenvalue weighted by Crippen LogP contribution is -2.10. The van der Waals surface area contributed by atoms with Gasteiger partial charge in [0.1, 0.15) is 0 Å². The van der Waals surface area contributed by atoms with Crippen LogP contribution < -0.4 is 4.74 Å². The fourth-order valence-electron chi connectivity index (χ4n) is 4.45. The van der Waals surface area contributed by atoms with Gasteiger partial charge in [0.15, 0.2) is 5.78 Å². The van der Waals surface area contributed by atoms with Crippen molar-refractivity contribution in [2.45, 2.75) is 26.2 Å². The second kappa shape index (κ2) is 9.21. The van der Waals surface area contributed by atoms with Gasteiger partial charge in [0.05, 0.1) is 28.5 Å². The molecule has 34 heavy (non-hydrogen) atoms. The van der Waals surface area contributed by atoms with E-state index in [1.807, 2.05) is 61.5 Å². The summed E-state index contributed by atoms with van der Waals surface area (Å²) >= 11 is 13.8. The molecule has 5 rings (SSSR count). The third-order valence-corrected chi connectivity index (χ3v) is 7.02. The molecule has 0 saturated carbocycles. The van der Waals surface area contributed by atoms with Gasteiger partial charge in [-0.2, -0.15) is 0 Å². The molecule has 0 unspecified atom stereocenters. The van der Waals surface area contributed by atoms with E-state index in [0.717, 1.165) is 57.5 Å². The van der Waals surface area contributed by atoms with Gasteiger partial charge >= 0.3 is 0 Å². The summed E-state index contributed by atoms with van der Waals surface area (Å²) in [5.41, 5.74) is 7.45. The molecule has 170 valence electrons. The van der Waals surface area contributed by atoms with Crippen molar-refractivity contribution in [3.05, 3.63) is 87.5 Å². The molecular weight excluding hydrogens is 467 g/mol. The van der Waals surface area contributed by atoms with Crippen LogP contribution in [0, 0.1) is 6.92 Å². The van der Waals surface area contributed by atoms with Crippen LogP contribution in [-0.2, 0) is 6.42 Å². The quantitative estimate of drug-likeness (QED) is 0.296. The average molecular weight is 489 g/mol. The number of ether oxygens (including phenoxy) is 1. The number of pyridine rings is 2. The molecule has 0 atom stereocenters. The predicted octanol–water partition coefficient (Wildman–Crippen LogP) is 7.62.